The minimum absolute atomic E-state index is 0.0508. The van der Waals surface area contributed by atoms with E-state index in [4.69, 9.17) is 14.2 Å². The molecule has 0 amide bonds. The zero-order valence-corrected chi connectivity index (χ0v) is 8.68. The number of rotatable bonds is 8. The van der Waals surface area contributed by atoms with Crippen LogP contribution in [0.1, 0.15) is 6.42 Å². The van der Waals surface area contributed by atoms with E-state index >= 15 is 0 Å². The lowest BCUT2D eigenvalue weighted by molar-refractivity contribution is -0.0299. The summed E-state index contributed by atoms with van der Waals surface area (Å²) in [6.45, 7) is 1.92. The predicted octanol–water partition coefficient (Wildman–Crippen LogP) is 0.984. The third-order valence-electron chi connectivity index (χ3n) is 1.44. The van der Waals surface area contributed by atoms with Crippen LogP contribution in [0, 0.1) is 0 Å². The summed E-state index contributed by atoms with van der Waals surface area (Å²) in [6, 6.07) is 0. The van der Waals surface area contributed by atoms with E-state index in [1.54, 1.807) is 14.2 Å². The van der Waals surface area contributed by atoms with Crippen LogP contribution in [0.5, 0.6) is 0 Å². The van der Waals surface area contributed by atoms with Crippen LogP contribution in [0.4, 0.5) is 0 Å². The Morgan fingerprint density at radius 1 is 1.25 bits per heavy atom. The Kier molecular flexibility index (Phi) is 9.50. The van der Waals surface area contributed by atoms with E-state index in [1.807, 2.05) is 0 Å². The highest BCUT2D eigenvalue weighted by Gasteiger charge is 2.05. The molecule has 0 aromatic rings. The molecule has 3 nitrogen and oxygen atoms in total. The Labute approximate surface area is 79.8 Å². The van der Waals surface area contributed by atoms with Crippen molar-refractivity contribution in [3.05, 3.63) is 0 Å². The molecule has 12 heavy (non-hydrogen) atoms. The number of hydrogen-bond donors (Lipinski definition) is 1. The molecular weight excluding hydrogens is 176 g/mol. The average molecular weight is 194 g/mol. The summed E-state index contributed by atoms with van der Waals surface area (Å²) in [7, 11) is 3.31. The minimum atomic E-state index is 0.0508. The van der Waals surface area contributed by atoms with E-state index in [1.165, 1.54) is 0 Å². The van der Waals surface area contributed by atoms with Gasteiger partial charge < -0.3 is 14.2 Å². The first kappa shape index (κ1) is 12.2. The van der Waals surface area contributed by atoms with Gasteiger partial charge in [0.25, 0.3) is 0 Å². The Morgan fingerprint density at radius 3 is 2.50 bits per heavy atom. The molecule has 0 aromatic carbocycles. The van der Waals surface area contributed by atoms with Gasteiger partial charge in [-0.3, -0.25) is 0 Å². The summed E-state index contributed by atoms with van der Waals surface area (Å²) < 4.78 is 15.4. The number of ether oxygens (including phenoxy) is 3. The number of methoxy groups -OCH3 is 2. The molecule has 0 rings (SSSR count). The number of hydrogen-bond acceptors (Lipinski definition) is 4. The first-order valence-electron chi connectivity index (χ1n) is 4.05. The lowest BCUT2D eigenvalue weighted by Gasteiger charge is -2.13. The van der Waals surface area contributed by atoms with Crippen LogP contribution in [0.15, 0.2) is 0 Å². The molecule has 0 aliphatic carbocycles. The van der Waals surface area contributed by atoms with Crippen LogP contribution < -0.4 is 0 Å². The van der Waals surface area contributed by atoms with Gasteiger partial charge in [-0.25, -0.2) is 0 Å². The van der Waals surface area contributed by atoms with E-state index < -0.39 is 0 Å². The smallest absolute Gasteiger partial charge is 0.104 e. The van der Waals surface area contributed by atoms with E-state index in [-0.39, 0.29) is 6.10 Å². The lowest BCUT2D eigenvalue weighted by atomic mass is 10.4. The Morgan fingerprint density at radius 2 is 2.00 bits per heavy atom. The van der Waals surface area contributed by atoms with Crippen molar-refractivity contribution in [1.82, 2.24) is 0 Å². The highest BCUT2D eigenvalue weighted by Crippen LogP contribution is 1.93. The van der Waals surface area contributed by atoms with Crippen LogP contribution in [0.25, 0.3) is 0 Å². The van der Waals surface area contributed by atoms with Crippen LogP contribution in [-0.2, 0) is 14.2 Å². The van der Waals surface area contributed by atoms with Crippen molar-refractivity contribution < 1.29 is 14.2 Å². The largest absolute Gasteiger partial charge is 0.382 e. The fourth-order valence-electron chi connectivity index (χ4n) is 0.751. The molecule has 4 heteroatoms. The SMILES string of the molecule is COCC(COCCCS)OC. The van der Waals surface area contributed by atoms with Gasteiger partial charge in [-0.2, -0.15) is 12.6 Å². The van der Waals surface area contributed by atoms with Crippen LogP contribution in [-0.4, -0.2) is 45.9 Å². The minimum Gasteiger partial charge on any atom is -0.382 e. The van der Waals surface area contributed by atoms with Gasteiger partial charge in [0, 0.05) is 20.8 Å². The molecule has 0 N–H and O–H groups in total. The van der Waals surface area contributed by atoms with Gasteiger partial charge in [-0.1, -0.05) is 0 Å². The Hall–Kier alpha value is 0.230. The summed E-state index contributed by atoms with van der Waals surface area (Å²) in [4.78, 5) is 0. The highest BCUT2D eigenvalue weighted by molar-refractivity contribution is 7.80. The molecular formula is C8H18O3S. The molecule has 0 aliphatic rings. The zero-order chi connectivity index (χ0) is 9.23. The van der Waals surface area contributed by atoms with Gasteiger partial charge in [0.2, 0.25) is 0 Å². The second-order valence-electron chi connectivity index (χ2n) is 2.47. The fraction of sp³-hybridized carbons (Fsp3) is 1.00. The highest BCUT2D eigenvalue weighted by atomic mass is 32.1. The van der Waals surface area contributed by atoms with Gasteiger partial charge in [-0.05, 0) is 12.2 Å². The van der Waals surface area contributed by atoms with Crippen LogP contribution >= 0.6 is 12.6 Å². The third kappa shape index (κ3) is 6.91. The first-order valence-corrected chi connectivity index (χ1v) is 4.68. The lowest BCUT2D eigenvalue weighted by Crippen LogP contribution is -2.23. The van der Waals surface area contributed by atoms with Gasteiger partial charge in [0.15, 0.2) is 0 Å². The first-order chi connectivity index (χ1) is 5.85. The Bertz CT molecular complexity index is 90.4. The molecule has 0 fully saturated rings. The van der Waals surface area contributed by atoms with Crippen molar-refractivity contribution in [2.45, 2.75) is 12.5 Å². The van der Waals surface area contributed by atoms with Gasteiger partial charge in [0.05, 0.1) is 13.2 Å². The molecule has 0 heterocycles. The molecule has 0 aliphatic heterocycles. The van der Waals surface area contributed by atoms with E-state index in [0.717, 1.165) is 18.8 Å². The molecule has 0 radical (unpaired) electrons. The topological polar surface area (TPSA) is 27.7 Å². The van der Waals surface area contributed by atoms with Crippen molar-refractivity contribution in [1.29, 1.82) is 0 Å². The third-order valence-corrected chi connectivity index (χ3v) is 1.75. The van der Waals surface area contributed by atoms with Crippen LogP contribution in [0.2, 0.25) is 0 Å². The van der Waals surface area contributed by atoms with E-state index in [0.29, 0.717) is 13.2 Å². The van der Waals surface area contributed by atoms with Crippen molar-refractivity contribution in [2.24, 2.45) is 0 Å². The predicted molar refractivity (Wildman–Crippen MR) is 52.0 cm³/mol. The standard InChI is InChI=1S/C8H18O3S/c1-9-6-8(10-2)7-11-4-3-5-12/h8,12H,3-7H2,1-2H3. The normalized spacial score (nSPS) is 13.2. The maximum absolute atomic E-state index is 5.33. The van der Waals surface area contributed by atoms with Crippen molar-refractivity contribution in [3.8, 4) is 0 Å². The molecule has 1 unspecified atom stereocenters. The maximum Gasteiger partial charge on any atom is 0.104 e. The molecule has 0 saturated carbocycles. The zero-order valence-electron chi connectivity index (χ0n) is 7.78. The molecule has 74 valence electrons. The van der Waals surface area contributed by atoms with Crippen molar-refractivity contribution in [2.75, 3.05) is 39.8 Å². The van der Waals surface area contributed by atoms with E-state index in [2.05, 4.69) is 12.6 Å². The second-order valence-corrected chi connectivity index (χ2v) is 2.91. The molecule has 1 atom stereocenters. The molecule has 0 bridgehead atoms. The van der Waals surface area contributed by atoms with Crippen molar-refractivity contribution >= 4 is 12.6 Å². The molecule has 0 aromatic heterocycles. The summed E-state index contributed by atoms with van der Waals surface area (Å²) in [5.41, 5.74) is 0. The van der Waals surface area contributed by atoms with Gasteiger partial charge in [0.1, 0.15) is 6.10 Å². The Balaban J connectivity index is 3.19. The van der Waals surface area contributed by atoms with Gasteiger partial charge in [-0.15, -0.1) is 0 Å². The molecule has 0 saturated heterocycles. The van der Waals surface area contributed by atoms with Crippen LogP contribution in [0.3, 0.4) is 0 Å². The monoisotopic (exact) mass is 194 g/mol. The quantitative estimate of drug-likeness (QED) is 0.461. The summed E-state index contributed by atoms with van der Waals surface area (Å²) in [6.07, 6.45) is 1.03. The summed E-state index contributed by atoms with van der Waals surface area (Å²) in [5, 5.41) is 0. The maximum atomic E-state index is 5.33. The summed E-state index contributed by atoms with van der Waals surface area (Å²) >= 11 is 4.07. The number of thiol groups is 1. The van der Waals surface area contributed by atoms with E-state index in [9.17, 15) is 0 Å². The fourth-order valence-corrected chi connectivity index (χ4v) is 0.881. The molecule has 0 spiro atoms. The van der Waals surface area contributed by atoms with Gasteiger partial charge >= 0.3 is 0 Å². The van der Waals surface area contributed by atoms with Crippen molar-refractivity contribution in [3.63, 3.8) is 0 Å². The summed E-state index contributed by atoms with van der Waals surface area (Å²) in [5.74, 6) is 0.863. The average Bonchev–Trinajstić information content (AvgIpc) is 2.10. The second kappa shape index (κ2) is 9.32.